The molecule has 2 heterocycles. The van der Waals surface area contributed by atoms with E-state index in [0.717, 1.165) is 62.8 Å². The molecule has 2 atom stereocenters. The zero-order chi connectivity index (χ0) is 20.8. The summed E-state index contributed by atoms with van der Waals surface area (Å²) in [6, 6.07) is -0.158. The Bertz CT molecular complexity index is 866. The molecule has 0 saturated heterocycles. The maximum Gasteiger partial charge on any atom is 0.291 e. The van der Waals surface area contributed by atoms with Crippen LogP contribution in [0.15, 0.2) is 21.6 Å². The third-order valence-corrected chi connectivity index (χ3v) is 6.84. The first kappa shape index (κ1) is 19.3. The van der Waals surface area contributed by atoms with Crippen molar-refractivity contribution in [1.82, 2.24) is 19.8 Å². The second-order valence-electron chi connectivity index (χ2n) is 8.93. The zero-order valence-electron chi connectivity index (χ0n) is 17.5. The Morgan fingerprint density at radius 1 is 0.767 bits per heavy atom. The Morgan fingerprint density at radius 3 is 1.53 bits per heavy atom. The summed E-state index contributed by atoms with van der Waals surface area (Å²) in [5.41, 5.74) is 1.55. The summed E-state index contributed by atoms with van der Waals surface area (Å²) >= 11 is 0. The number of hydrogen-bond acceptors (Lipinski definition) is 6. The molecule has 3 saturated carbocycles. The minimum Gasteiger partial charge on any atom is -0.438 e. The highest BCUT2D eigenvalue weighted by Crippen LogP contribution is 2.42. The van der Waals surface area contributed by atoms with Crippen LogP contribution in [-0.2, 0) is 0 Å². The number of nitrogens with zero attached hydrogens (tertiary/aromatic N) is 4. The molecule has 160 valence electrons. The molecule has 3 aliphatic carbocycles. The molecule has 2 unspecified atom stereocenters. The van der Waals surface area contributed by atoms with Crippen molar-refractivity contribution in [2.45, 2.75) is 75.3 Å². The van der Waals surface area contributed by atoms with Crippen LogP contribution in [0.1, 0.15) is 95.7 Å². The molecule has 0 N–H and O–H groups in total. The lowest BCUT2D eigenvalue weighted by Gasteiger charge is -2.42. The Labute approximate surface area is 175 Å². The van der Waals surface area contributed by atoms with E-state index in [-0.39, 0.29) is 23.9 Å². The van der Waals surface area contributed by atoms with Crippen LogP contribution < -0.4 is 0 Å². The molecule has 3 fully saturated rings. The summed E-state index contributed by atoms with van der Waals surface area (Å²) in [4.78, 5) is 38.5. The fourth-order valence-electron chi connectivity index (χ4n) is 4.74. The molecule has 5 rings (SSSR count). The van der Waals surface area contributed by atoms with Crippen LogP contribution in [0.3, 0.4) is 0 Å². The van der Waals surface area contributed by atoms with E-state index in [1.807, 2.05) is 14.1 Å². The maximum atomic E-state index is 13.2. The van der Waals surface area contributed by atoms with Gasteiger partial charge < -0.3 is 18.6 Å². The third-order valence-electron chi connectivity index (χ3n) is 6.84. The van der Waals surface area contributed by atoms with E-state index in [9.17, 15) is 9.59 Å². The highest BCUT2D eigenvalue weighted by molar-refractivity contribution is 5.94. The maximum absolute atomic E-state index is 13.2. The number of oxazole rings is 2. The van der Waals surface area contributed by atoms with E-state index in [1.165, 1.54) is 12.8 Å². The lowest BCUT2D eigenvalue weighted by molar-refractivity contribution is 0.0388. The fraction of sp³-hybridized carbons (Fsp3) is 0.636. The fourth-order valence-corrected chi connectivity index (χ4v) is 4.74. The molecule has 8 nitrogen and oxygen atoms in total. The Morgan fingerprint density at radius 2 is 1.17 bits per heavy atom. The van der Waals surface area contributed by atoms with Gasteiger partial charge in [0, 0.05) is 25.9 Å². The average Bonchev–Trinajstić information content (AvgIpc) is 3.71. The van der Waals surface area contributed by atoms with Crippen LogP contribution in [0.5, 0.6) is 0 Å². The summed E-state index contributed by atoms with van der Waals surface area (Å²) in [6.45, 7) is 0. The number of hydrogen-bond donors (Lipinski definition) is 0. The van der Waals surface area contributed by atoms with Crippen molar-refractivity contribution in [3.05, 3.63) is 35.7 Å². The van der Waals surface area contributed by atoms with Crippen molar-refractivity contribution in [1.29, 1.82) is 0 Å². The molecule has 0 aliphatic heterocycles. The minimum atomic E-state index is -0.148. The highest BCUT2D eigenvalue weighted by Gasteiger charge is 2.41. The SMILES string of the molecule is CN(C(=O)c1ocnc1C1CC1)C1CCCCC1N(C)C(=O)c1ocnc1C1CC1. The highest BCUT2D eigenvalue weighted by atomic mass is 16.4. The molecule has 0 spiro atoms. The van der Waals surface area contributed by atoms with E-state index >= 15 is 0 Å². The third kappa shape index (κ3) is 3.42. The van der Waals surface area contributed by atoms with Gasteiger partial charge in [0.1, 0.15) is 0 Å². The van der Waals surface area contributed by atoms with Crippen LogP contribution in [-0.4, -0.2) is 57.8 Å². The molecular formula is C22H28N4O4. The van der Waals surface area contributed by atoms with Gasteiger partial charge >= 0.3 is 0 Å². The van der Waals surface area contributed by atoms with Crippen molar-refractivity contribution >= 4 is 11.8 Å². The first-order valence-corrected chi connectivity index (χ1v) is 11.0. The summed E-state index contributed by atoms with van der Waals surface area (Å²) in [6.07, 6.45) is 10.7. The molecule has 8 heteroatoms. The average molecular weight is 412 g/mol. The zero-order valence-corrected chi connectivity index (χ0v) is 17.5. The Kier molecular flexibility index (Phi) is 4.87. The van der Waals surface area contributed by atoms with Gasteiger partial charge in [-0.05, 0) is 38.5 Å². The van der Waals surface area contributed by atoms with Gasteiger partial charge in [-0.1, -0.05) is 12.8 Å². The number of amides is 2. The molecule has 0 radical (unpaired) electrons. The predicted octanol–water partition coefficient (Wildman–Crippen LogP) is 3.57. The quantitative estimate of drug-likeness (QED) is 0.720. The van der Waals surface area contributed by atoms with Gasteiger partial charge in [-0.3, -0.25) is 9.59 Å². The van der Waals surface area contributed by atoms with E-state index < -0.39 is 0 Å². The standard InChI is InChI=1S/C22H28N4O4/c1-25(21(27)19-17(13-7-8-13)23-11-29-19)15-5-3-4-6-16(15)26(2)22(28)20-18(14-9-10-14)24-12-30-20/h11-16H,3-10H2,1-2H3. The molecule has 2 amide bonds. The first-order valence-electron chi connectivity index (χ1n) is 11.0. The Balaban J connectivity index is 1.35. The van der Waals surface area contributed by atoms with Crippen LogP contribution >= 0.6 is 0 Å². The second-order valence-corrected chi connectivity index (χ2v) is 8.93. The van der Waals surface area contributed by atoms with Gasteiger partial charge in [-0.25, -0.2) is 9.97 Å². The molecule has 2 aromatic heterocycles. The summed E-state index contributed by atoms with van der Waals surface area (Å²) in [5, 5.41) is 0. The van der Waals surface area contributed by atoms with Crippen molar-refractivity contribution in [2.75, 3.05) is 14.1 Å². The van der Waals surface area contributed by atoms with E-state index in [1.54, 1.807) is 9.80 Å². The summed E-state index contributed by atoms with van der Waals surface area (Å²) in [7, 11) is 3.62. The van der Waals surface area contributed by atoms with Crippen molar-refractivity contribution < 1.29 is 18.4 Å². The number of aromatic nitrogens is 2. The van der Waals surface area contributed by atoms with Gasteiger partial charge in [-0.2, -0.15) is 0 Å². The number of likely N-dealkylation sites (N-methyl/N-ethyl adjacent to an activating group) is 2. The molecule has 30 heavy (non-hydrogen) atoms. The van der Waals surface area contributed by atoms with Crippen molar-refractivity contribution in [3.8, 4) is 0 Å². The van der Waals surface area contributed by atoms with Gasteiger partial charge in [0.25, 0.3) is 11.8 Å². The first-order chi connectivity index (χ1) is 14.6. The topological polar surface area (TPSA) is 92.7 Å². The summed E-state index contributed by atoms with van der Waals surface area (Å²) in [5.74, 6) is 1.09. The largest absolute Gasteiger partial charge is 0.438 e. The molecule has 2 aromatic rings. The molecule has 0 bridgehead atoms. The number of carbonyl (C=O) groups is 2. The van der Waals surface area contributed by atoms with E-state index in [2.05, 4.69) is 9.97 Å². The van der Waals surface area contributed by atoms with E-state index in [4.69, 9.17) is 8.83 Å². The number of rotatable bonds is 6. The van der Waals surface area contributed by atoms with Gasteiger partial charge in [-0.15, -0.1) is 0 Å². The monoisotopic (exact) mass is 412 g/mol. The van der Waals surface area contributed by atoms with Crippen molar-refractivity contribution in [2.24, 2.45) is 0 Å². The van der Waals surface area contributed by atoms with Gasteiger partial charge in [0.2, 0.25) is 11.5 Å². The smallest absolute Gasteiger partial charge is 0.291 e. The molecule has 3 aliphatic rings. The van der Waals surface area contributed by atoms with Crippen molar-refractivity contribution in [3.63, 3.8) is 0 Å². The second kappa shape index (κ2) is 7.56. The lowest BCUT2D eigenvalue weighted by Crippen LogP contribution is -2.54. The number of carbonyl (C=O) groups excluding carboxylic acids is 2. The van der Waals surface area contributed by atoms with Gasteiger partial charge in [0.05, 0.1) is 23.5 Å². The Hall–Kier alpha value is -2.64. The van der Waals surface area contributed by atoms with Gasteiger partial charge in [0.15, 0.2) is 12.8 Å². The van der Waals surface area contributed by atoms with Crippen LogP contribution in [0, 0.1) is 0 Å². The lowest BCUT2D eigenvalue weighted by atomic mass is 9.88. The predicted molar refractivity (Wildman–Crippen MR) is 107 cm³/mol. The van der Waals surface area contributed by atoms with Crippen LogP contribution in [0.4, 0.5) is 0 Å². The molecular weight excluding hydrogens is 384 g/mol. The molecule has 0 aromatic carbocycles. The minimum absolute atomic E-state index is 0.0790. The van der Waals surface area contributed by atoms with Crippen LogP contribution in [0.2, 0.25) is 0 Å². The van der Waals surface area contributed by atoms with Crippen LogP contribution in [0.25, 0.3) is 0 Å². The van der Waals surface area contributed by atoms with E-state index in [0.29, 0.717) is 23.4 Å². The normalized spacial score (nSPS) is 23.9. The summed E-state index contributed by atoms with van der Waals surface area (Å²) < 4.78 is 11.0.